The Labute approximate surface area is 123 Å². The van der Waals surface area contributed by atoms with Crippen molar-refractivity contribution in [3.8, 4) is 11.3 Å². The zero-order valence-electron chi connectivity index (χ0n) is 11.9. The lowest BCUT2D eigenvalue weighted by molar-refractivity contribution is -0.121. The van der Waals surface area contributed by atoms with Crippen LogP contribution in [0.3, 0.4) is 0 Å². The highest BCUT2D eigenvalue weighted by atomic mass is 19.1. The number of carbonyl (C=O) groups excluding carboxylic acids is 1. The molecule has 1 atom stereocenters. The van der Waals surface area contributed by atoms with Gasteiger partial charge in [-0.05, 0) is 31.2 Å². The number of benzene rings is 1. The third kappa shape index (κ3) is 4.16. The van der Waals surface area contributed by atoms with Crippen LogP contribution in [-0.4, -0.2) is 18.5 Å². The van der Waals surface area contributed by atoms with Gasteiger partial charge in [0.15, 0.2) is 0 Å². The molecule has 0 aliphatic rings. The van der Waals surface area contributed by atoms with Crippen molar-refractivity contribution in [2.75, 3.05) is 6.54 Å². The molecule has 21 heavy (non-hydrogen) atoms. The van der Waals surface area contributed by atoms with E-state index in [1.54, 1.807) is 30.3 Å². The van der Waals surface area contributed by atoms with Gasteiger partial charge >= 0.3 is 0 Å². The molecule has 0 aliphatic heterocycles. The minimum Gasteiger partial charge on any atom is -0.461 e. The monoisotopic (exact) mass is 290 g/mol. The molecular weight excluding hydrogens is 271 g/mol. The quantitative estimate of drug-likeness (QED) is 0.858. The third-order valence-electron chi connectivity index (χ3n) is 3.16. The largest absolute Gasteiger partial charge is 0.461 e. The number of hydrogen-bond acceptors (Lipinski definition) is 3. The van der Waals surface area contributed by atoms with E-state index in [2.05, 4.69) is 5.32 Å². The van der Waals surface area contributed by atoms with E-state index in [0.29, 0.717) is 36.5 Å². The van der Waals surface area contributed by atoms with Crippen LogP contribution in [-0.2, 0) is 11.2 Å². The van der Waals surface area contributed by atoms with Crippen molar-refractivity contribution in [1.82, 2.24) is 5.32 Å². The summed E-state index contributed by atoms with van der Waals surface area (Å²) in [7, 11) is 0. The minimum absolute atomic E-state index is 0.0388. The van der Waals surface area contributed by atoms with E-state index >= 15 is 0 Å². The Balaban J connectivity index is 1.95. The average Bonchev–Trinajstić information content (AvgIpc) is 2.94. The number of furan rings is 1. The van der Waals surface area contributed by atoms with Gasteiger partial charge in [-0.25, -0.2) is 4.39 Å². The molecule has 0 fully saturated rings. The first-order chi connectivity index (χ1) is 10.1. The molecule has 4 nitrogen and oxygen atoms in total. The fourth-order valence-electron chi connectivity index (χ4n) is 1.96. The normalized spacial score (nSPS) is 12.1. The van der Waals surface area contributed by atoms with E-state index in [1.807, 2.05) is 6.92 Å². The van der Waals surface area contributed by atoms with Crippen molar-refractivity contribution >= 4 is 5.91 Å². The standard InChI is InChI=1S/C16H19FN2O2/c1-11(10-18)19-16(20)9-7-12-6-8-15(21-12)13-4-2-3-5-14(13)17/h2-6,8,11H,7,9-10,18H2,1H3,(H,19,20)/t11-/m0/s1. The molecule has 0 spiro atoms. The second kappa shape index (κ2) is 7.04. The highest BCUT2D eigenvalue weighted by Crippen LogP contribution is 2.25. The maximum atomic E-state index is 13.6. The van der Waals surface area contributed by atoms with E-state index in [4.69, 9.17) is 10.2 Å². The molecule has 1 aromatic heterocycles. The van der Waals surface area contributed by atoms with Crippen LogP contribution in [0.15, 0.2) is 40.8 Å². The van der Waals surface area contributed by atoms with Gasteiger partial charge in [0.25, 0.3) is 0 Å². The topological polar surface area (TPSA) is 68.3 Å². The van der Waals surface area contributed by atoms with Crippen LogP contribution < -0.4 is 11.1 Å². The molecular formula is C16H19FN2O2. The van der Waals surface area contributed by atoms with E-state index < -0.39 is 0 Å². The van der Waals surface area contributed by atoms with Crippen LogP contribution in [0.2, 0.25) is 0 Å². The third-order valence-corrected chi connectivity index (χ3v) is 3.16. The second-order valence-corrected chi connectivity index (χ2v) is 4.95. The summed E-state index contributed by atoms with van der Waals surface area (Å²) < 4.78 is 19.2. The highest BCUT2D eigenvalue weighted by molar-refractivity contribution is 5.76. The molecule has 0 aliphatic carbocycles. The summed E-state index contributed by atoms with van der Waals surface area (Å²) in [5.74, 6) is 0.729. The SMILES string of the molecule is C[C@@H](CN)NC(=O)CCc1ccc(-c2ccccc2F)o1. The van der Waals surface area contributed by atoms with Gasteiger partial charge in [-0.3, -0.25) is 4.79 Å². The van der Waals surface area contributed by atoms with E-state index in [1.165, 1.54) is 6.07 Å². The number of hydrogen-bond donors (Lipinski definition) is 2. The number of nitrogens with two attached hydrogens (primary N) is 1. The van der Waals surface area contributed by atoms with Crippen molar-refractivity contribution in [3.63, 3.8) is 0 Å². The van der Waals surface area contributed by atoms with Crippen molar-refractivity contribution < 1.29 is 13.6 Å². The van der Waals surface area contributed by atoms with Crippen LogP contribution in [0.1, 0.15) is 19.1 Å². The summed E-state index contributed by atoms with van der Waals surface area (Å²) >= 11 is 0. The van der Waals surface area contributed by atoms with Gasteiger partial charge in [0.2, 0.25) is 5.91 Å². The smallest absolute Gasteiger partial charge is 0.220 e. The molecule has 0 unspecified atom stereocenters. The molecule has 0 bridgehead atoms. The number of nitrogens with one attached hydrogen (secondary N) is 1. The molecule has 3 N–H and O–H groups in total. The van der Waals surface area contributed by atoms with Crippen LogP contribution in [0.4, 0.5) is 4.39 Å². The molecule has 1 heterocycles. The van der Waals surface area contributed by atoms with Crippen LogP contribution in [0, 0.1) is 5.82 Å². The van der Waals surface area contributed by atoms with Gasteiger partial charge in [0.1, 0.15) is 17.3 Å². The Morgan fingerprint density at radius 3 is 2.81 bits per heavy atom. The number of aryl methyl sites for hydroxylation is 1. The van der Waals surface area contributed by atoms with Crippen molar-refractivity contribution in [2.45, 2.75) is 25.8 Å². The Morgan fingerprint density at radius 1 is 1.33 bits per heavy atom. The first kappa shape index (κ1) is 15.3. The average molecular weight is 290 g/mol. The fourth-order valence-corrected chi connectivity index (χ4v) is 1.96. The fraction of sp³-hybridized carbons (Fsp3) is 0.312. The molecule has 2 aromatic rings. The van der Waals surface area contributed by atoms with Gasteiger partial charge in [0, 0.05) is 25.4 Å². The molecule has 112 valence electrons. The highest BCUT2D eigenvalue weighted by Gasteiger charge is 2.11. The Morgan fingerprint density at radius 2 is 2.10 bits per heavy atom. The lowest BCUT2D eigenvalue weighted by Crippen LogP contribution is -2.37. The predicted molar refractivity (Wildman–Crippen MR) is 79.1 cm³/mol. The maximum absolute atomic E-state index is 13.6. The number of carbonyl (C=O) groups is 1. The van der Waals surface area contributed by atoms with Gasteiger partial charge in [-0.1, -0.05) is 12.1 Å². The predicted octanol–water partition coefficient (Wildman–Crippen LogP) is 2.48. The lowest BCUT2D eigenvalue weighted by Gasteiger charge is -2.10. The van der Waals surface area contributed by atoms with Crippen LogP contribution >= 0.6 is 0 Å². The molecule has 1 aromatic carbocycles. The van der Waals surface area contributed by atoms with Gasteiger partial charge in [-0.15, -0.1) is 0 Å². The molecule has 5 heteroatoms. The summed E-state index contributed by atoms with van der Waals surface area (Å²) in [4.78, 5) is 11.6. The first-order valence-corrected chi connectivity index (χ1v) is 6.93. The summed E-state index contributed by atoms with van der Waals surface area (Å²) in [5.41, 5.74) is 5.86. The number of rotatable bonds is 6. The zero-order chi connectivity index (χ0) is 15.2. The van der Waals surface area contributed by atoms with E-state index in [-0.39, 0.29) is 17.8 Å². The minimum atomic E-state index is -0.326. The van der Waals surface area contributed by atoms with Gasteiger partial charge in [-0.2, -0.15) is 0 Å². The van der Waals surface area contributed by atoms with Gasteiger partial charge in [0.05, 0.1) is 5.56 Å². The van der Waals surface area contributed by atoms with Crippen molar-refractivity contribution in [2.24, 2.45) is 5.73 Å². The molecule has 1 amide bonds. The number of amides is 1. The zero-order valence-corrected chi connectivity index (χ0v) is 11.9. The molecule has 0 radical (unpaired) electrons. The van der Waals surface area contributed by atoms with Crippen LogP contribution in [0.5, 0.6) is 0 Å². The van der Waals surface area contributed by atoms with Crippen LogP contribution in [0.25, 0.3) is 11.3 Å². The molecule has 2 rings (SSSR count). The molecule has 0 saturated heterocycles. The summed E-state index contributed by atoms with van der Waals surface area (Å²) in [6.07, 6.45) is 0.784. The van der Waals surface area contributed by atoms with E-state index in [0.717, 1.165) is 0 Å². The lowest BCUT2D eigenvalue weighted by atomic mass is 10.1. The van der Waals surface area contributed by atoms with Crippen molar-refractivity contribution in [1.29, 1.82) is 0 Å². The second-order valence-electron chi connectivity index (χ2n) is 4.95. The summed E-state index contributed by atoms with van der Waals surface area (Å²) in [6.45, 7) is 2.25. The van der Waals surface area contributed by atoms with Gasteiger partial charge < -0.3 is 15.5 Å². The maximum Gasteiger partial charge on any atom is 0.220 e. The number of halogens is 1. The summed E-state index contributed by atoms with van der Waals surface area (Å²) in [6, 6.07) is 9.87. The Bertz CT molecular complexity index is 610. The van der Waals surface area contributed by atoms with E-state index in [9.17, 15) is 9.18 Å². The molecule has 0 saturated carbocycles. The first-order valence-electron chi connectivity index (χ1n) is 6.93. The Kier molecular flexibility index (Phi) is 5.11. The Hall–Kier alpha value is -2.14. The summed E-state index contributed by atoms with van der Waals surface area (Å²) in [5, 5.41) is 2.78. The van der Waals surface area contributed by atoms with Crippen molar-refractivity contribution in [3.05, 3.63) is 48.0 Å².